The number of anilines is 3. The van der Waals surface area contributed by atoms with E-state index in [1.54, 1.807) is 23.1 Å². The van der Waals surface area contributed by atoms with E-state index in [0.29, 0.717) is 23.4 Å². The molecule has 2 heterocycles. The average Bonchev–Trinajstić information content (AvgIpc) is 2.89. The molecule has 6 nitrogen and oxygen atoms in total. The molecule has 0 aliphatic carbocycles. The highest BCUT2D eigenvalue weighted by Gasteiger charge is 2.24. The fraction of sp³-hybridized carbons (Fsp3) is 0.391. The van der Waals surface area contributed by atoms with Crippen LogP contribution < -0.4 is 20.9 Å². The van der Waals surface area contributed by atoms with Crippen LogP contribution in [0.25, 0.3) is 0 Å². The Balaban J connectivity index is 1.40. The lowest BCUT2D eigenvalue weighted by atomic mass is 10.0. The minimum absolute atomic E-state index is 0.103. The van der Waals surface area contributed by atoms with Crippen LogP contribution in [0.4, 0.5) is 17.1 Å². The van der Waals surface area contributed by atoms with Crippen LogP contribution in [0.1, 0.15) is 53.3 Å². The van der Waals surface area contributed by atoms with Gasteiger partial charge in [-0.3, -0.25) is 9.59 Å². The van der Waals surface area contributed by atoms with Crippen molar-refractivity contribution in [3.05, 3.63) is 53.6 Å². The lowest BCUT2D eigenvalue weighted by Crippen LogP contribution is -3.17. The maximum atomic E-state index is 12.7. The standard InChI is InChI=1S/C23H28N4O2/c1-2-17-7-5-6-13-27(17)14-12-24-22(28)16-10-11-20-21(15-16)26-23(29)18-8-3-4-9-19(18)25-20/h3-4,8-11,15,17,25H,2,5-7,12-14H2,1H3,(H,24,28)(H,26,29)/p+1. The number of amides is 2. The number of quaternary nitrogens is 1. The number of likely N-dealkylation sites (tertiary alicyclic amines) is 1. The number of para-hydroxylation sites is 1. The summed E-state index contributed by atoms with van der Waals surface area (Å²) in [5, 5.41) is 9.24. The van der Waals surface area contributed by atoms with Crippen molar-refractivity contribution in [1.29, 1.82) is 0 Å². The molecule has 0 saturated carbocycles. The molecule has 2 aliphatic rings. The highest BCUT2D eigenvalue weighted by Crippen LogP contribution is 2.32. The summed E-state index contributed by atoms with van der Waals surface area (Å²) in [6, 6.07) is 13.5. The predicted molar refractivity (Wildman–Crippen MR) is 115 cm³/mol. The van der Waals surface area contributed by atoms with E-state index in [0.717, 1.165) is 24.0 Å². The molecule has 4 N–H and O–H groups in total. The van der Waals surface area contributed by atoms with Crippen LogP contribution in [-0.4, -0.2) is 37.5 Å². The van der Waals surface area contributed by atoms with Gasteiger partial charge in [0.1, 0.15) is 0 Å². The van der Waals surface area contributed by atoms with E-state index in [-0.39, 0.29) is 11.8 Å². The van der Waals surface area contributed by atoms with Crippen molar-refractivity contribution in [2.45, 2.75) is 38.6 Å². The molecule has 2 aromatic carbocycles. The Morgan fingerprint density at radius 3 is 2.83 bits per heavy atom. The first-order chi connectivity index (χ1) is 14.2. The smallest absolute Gasteiger partial charge is 0.257 e. The summed E-state index contributed by atoms with van der Waals surface area (Å²) in [5.41, 5.74) is 3.30. The highest BCUT2D eigenvalue weighted by atomic mass is 16.2. The van der Waals surface area contributed by atoms with Crippen LogP contribution in [0.3, 0.4) is 0 Å². The zero-order valence-electron chi connectivity index (χ0n) is 16.9. The number of carbonyl (C=O) groups excluding carboxylic acids is 2. The van der Waals surface area contributed by atoms with Crippen molar-refractivity contribution in [3.63, 3.8) is 0 Å². The number of fused-ring (bicyclic) bond motifs is 2. The van der Waals surface area contributed by atoms with Crippen molar-refractivity contribution in [1.82, 2.24) is 5.32 Å². The molecule has 152 valence electrons. The SMILES string of the molecule is CCC1CCCC[NH+]1CCNC(=O)c1ccc2c(c1)NC(=O)c1ccccc1N2. The van der Waals surface area contributed by atoms with Crippen molar-refractivity contribution in [2.24, 2.45) is 0 Å². The van der Waals surface area contributed by atoms with E-state index in [4.69, 9.17) is 0 Å². The summed E-state index contributed by atoms with van der Waals surface area (Å²) < 4.78 is 0. The second-order valence-corrected chi connectivity index (χ2v) is 7.90. The average molecular weight is 394 g/mol. The van der Waals surface area contributed by atoms with Gasteiger partial charge in [-0.2, -0.15) is 0 Å². The first-order valence-electron chi connectivity index (χ1n) is 10.6. The number of nitrogens with one attached hydrogen (secondary N) is 4. The van der Waals surface area contributed by atoms with Crippen molar-refractivity contribution in [2.75, 3.05) is 30.3 Å². The molecule has 2 aliphatic heterocycles. The zero-order chi connectivity index (χ0) is 20.2. The quantitative estimate of drug-likeness (QED) is 0.631. The lowest BCUT2D eigenvalue weighted by molar-refractivity contribution is -0.929. The number of carbonyl (C=O) groups is 2. The van der Waals surface area contributed by atoms with Gasteiger partial charge in [-0.25, -0.2) is 0 Å². The molecule has 1 saturated heterocycles. The first-order valence-corrected chi connectivity index (χ1v) is 10.6. The molecule has 6 heteroatoms. The highest BCUT2D eigenvalue weighted by molar-refractivity contribution is 6.12. The Kier molecular flexibility index (Phi) is 5.81. The number of benzene rings is 2. The molecule has 2 unspecified atom stereocenters. The molecule has 2 aromatic rings. The minimum atomic E-state index is -0.177. The summed E-state index contributed by atoms with van der Waals surface area (Å²) in [6.07, 6.45) is 5.09. The first kappa shape index (κ1) is 19.5. The van der Waals surface area contributed by atoms with Crippen molar-refractivity contribution < 1.29 is 14.5 Å². The Morgan fingerprint density at radius 2 is 1.97 bits per heavy atom. The number of hydrogen-bond acceptors (Lipinski definition) is 3. The van der Waals surface area contributed by atoms with Crippen LogP contribution in [0, 0.1) is 0 Å². The van der Waals surface area contributed by atoms with E-state index in [9.17, 15) is 9.59 Å². The van der Waals surface area contributed by atoms with E-state index >= 15 is 0 Å². The molecule has 29 heavy (non-hydrogen) atoms. The van der Waals surface area contributed by atoms with Gasteiger partial charge in [0.2, 0.25) is 0 Å². The third-order valence-corrected chi connectivity index (χ3v) is 6.07. The van der Waals surface area contributed by atoms with E-state index in [2.05, 4.69) is 22.9 Å². The Morgan fingerprint density at radius 1 is 1.10 bits per heavy atom. The van der Waals surface area contributed by atoms with Gasteiger partial charge in [-0.1, -0.05) is 19.1 Å². The minimum Gasteiger partial charge on any atom is -0.353 e. The summed E-state index contributed by atoms with van der Waals surface area (Å²) >= 11 is 0. The summed E-state index contributed by atoms with van der Waals surface area (Å²) in [7, 11) is 0. The summed E-state index contributed by atoms with van der Waals surface area (Å²) in [6.45, 7) is 5.08. The van der Waals surface area contributed by atoms with Crippen LogP contribution in [0.2, 0.25) is 0 Å². The normalized spacial score (nSPS) is 20.5. The van der Waals surface area contributed by atoms with Gasteiger partial charge < -0.3 is 20.9 Å². The number of piperidine rings is 1. The third-order valence-electron chi connectivity index (χ3n) is 6.07. The molecule has 0 spiro atoms. The van der Waals surface area contributed by atoms with Gasteiger partial charge in [0.05, 0.1) is 48.3 Å². The fourth-order valence-electron chi connectivity index (χ4n) is 4.43. The van der Waals surface area contributed by atoms with Crippen LogP contribution in [0.5, 0.6) is 0 Å². The van der Waals surface area contributed by atoms with Crippen LogP contribution in [-0.2, 0) is 0 Å². The van der Waals surface area contributed by atoms with Gasteiger partial charge in [0.25, 0.3) is 11.8 Å². The predicted octanol–water partition coefficient (Wildman–Crippen LogP) is 2.57. The van der Waals surface area contributed by atoms with Gasteiger partial charge in [0, 0.05) is 5.56 Å². The maximum absolute atomic E-state index is 12.7. The van der Waals surface area contributed by atoms with E-state index in [1.165, 1.54) is 32.2 Å². The molecule has 0 aromatic heterocycles. The zero-order valence-corrected chi connectivity index (χ0v) is 16.9. The number of rotatable bonds is 5. The lowest BCUT2D eigenvalue weighted by Gasteiger charge is -2.32. The third kappa shape index (κ3) is 4.27. The Labute approximate surface area is 171 Å². The molecule has 4 rings (SSSR count). The van der Waals surface area contributed by atoms with E-state index in [1.807, 2.05) is 24.3 Å². The van der Waals surface area contributed by atoms with Gasteiger partial charge >= 0.3 is 0 Å². The van der Waals surface area contributed by atoms with Crippen molar-refractivity contribution in [3.8, 4) is 0 Å². The molecular weight excluding hydrogens is 364 g/mol. The molecule has 1 fully saturated rings. The van der Waals surface area contributed by atoms with Crippen LogP contribution in [0.15, 0.2) is 42.5 Å². The summed E-state index contributed by atoms with van der Waals surface area (Å²) in [5.74, 6) is -0.281. The monoisotopic (exact) mass is 393 g/mol. The molecule has 2 amide bonds. The summed E-state index contributed by atoms with van der Waals surface area (Å²) in [4.78, 5) is 26.8. The second-order valence-electron chi connectivity index (χ2n) is 7.90. The molecular formula is C23H29N4O2+. The fourth-order valence-corrected chi connectivity index (χ4v) is 4.43. The second kappa shape index (κ2) is 8.66. The van der Waals surface area contributed by atoms with E-state index < -0.39 is 0 Å². The molecule has 0 radical (unpaired) electrons. The van der Waals surface area contributed by atoms with Gasteiger partial charge in [-0.15, -0.1) is 0 Å². The van der Waals surface area contributed by atoms with Crippen molar-refractivity contribution >= 4 is 28.9 Å². The Hall–Kier alpha value is -2.86. The van der Waals surface area contributed by atoms with Crippen LogP contribution >= 0.6 is 0 Å². The van der Waals surface area contributed by atoms with Gasteiger partial charge in [-0.05, 0) is 56.0 Å². The Bertz CT molecular complexity index is 912. The maximum Gasteiger partial charge on any atom is 0.257 e. The topological polar surface area (TPSA) is 74.7 Å². The molecule has 2 atom stereocenters. The van der Waals surface area contributed by atoms with Gasteiger partial charge in [0.15, 0.2) is 0 Å². The number of hydrogen-bond donors (Lipinski definition) is 4. The largest absolute Gasteiger partial charge is 0.353 e. The molecule has 0 bridgehead atoms.